The maximum absolute atomic E-state index is 3.81. The molecule has 2 rings (SSSR count). The van der Waals surface area contributed by atoms with Gasteiger partial charge in [0.2, 0.25) is 0 Å². The highest BCUT2D eigenvalue weighted by atomic mass is 14.9. The van der Waals surface area contributed by atoms with E-state index < -0.39 is 0 Å². The Balaban J connectivity index is 1.97. The van der Waals surface area contributed by atoms with Gasteiger partial charge in [-0.25, -0.2) is 0 Å². The molecule has 0 heterocycles. The molecule has 2 unspecified atom stereocenters. The summed E-state index contributed by atoms with van der Waals surface area (Å²) >= 11 is 0. The van der Waals surface area contributed by atoms with Crippen molar-refractivity contribution >= 4 is 0 Å². The molecule has 1 aromatic rings. The van der Waals surface area contributed by atoms with E-state index in [2.05, 4.69) is 50.4 Å². The predicted molar refractivity (Wildman–Crippen MR) is 74.1 cm³/mol. The lowest BCUT2D eigenvalue weighted by Crippen LogP contribution is -2.35. The van der Waals surface area contributed by atoms with E-state index in [1.54, 1.807) is 0 Å². The zero-order valence-corrected chi connectivity index (χ0v) is 11.4. The van der Waals surface area contributed by atoms with Crippen molar-refractivity contribution < 1.29 is 0 Å². The van der Waals surface area contributed by atoms with Crippen LogP contribution in [0.25, 0.3) is 0 Å². The molecule has 0 spiro atoms. The Kier molecular flexibility index (Phi) is 4.22. The third-order valence-corrected chi connectivity index (χ3v) is 4.08. The molecule has 0 aliphatic heterocycles. The van der Waals surface area contributed by atoms with Crippen LogP contribution >= 0.6 is 0 Å². The molecule has 1 saturated carbocycles. The standard InChI is InChI=1S/C16H25N/c1-12-7-6-9-15(11-12)17-14(3)16-10-5-4-8-13(16)2/h4-5,8,10,12,14-15,17H,6-7,9,11H2,1-3H3/t12?,14-,15?/m0/s1. The molecule has 1 aromatic carbocycles. The van der Waals surface area contributed by atoms with Crippen LogP contribution in [0.5, 0.6) is 0 Å². The first kappa shape index (κ1) is 12.6. The van der Waals surface area contributed by atoms with E-state index in [9.17, 15) is 0 Å². The molecule has 17 heavy (non-hydrogen) atoms. The van der Waals surface area contributed by atoms with Gasteiger partial charge in [-0.15, -0.1) is 0 Å². The van der Waals surface area contributed by atoms with Gasteiger partial charge in [-0.05, 0) is 43.7 Å². The van der Waals surface area contributed by atoms with Gasteiger partial charge in [0.05, 0.1) is 0 Å². The fourth-order valence-corrected chi connectivity index (χ4v) is 3.10. The van der Waals surface area contributed by atoms with E-state index in [0.29, 0.717) is 12.1 Å². The Morgan fingerprint density at radius 3 is 2.71 bits per heavy atom. The van der Waals surface area contributed by atoms with E-state index in [1.807, 2.05) is 0 Å². The first-order valence-electron chi connectivity index (χ1n) is 6.98. The first-order valence-corrected chi connectivity index (χ1v) is 6.98. The molecular formula is C16H25N. The topological polar surface area (TPSA) is 12.0 Å². The average molecular weight is 231 g/mol. The van der Waals surface area contributed by atoms with Gasteiger partial charge < -0.3 is 5.32 Å². The van der Waals surface area contributed by atoms with Crippen LogP contribution in [0.1, 0.15) is 56.7 Å². The summed E-state index contributed by atoms with van der Waals surface area (Å²) in [6, 6.07) is 9.91. The zero-order chi connectivity index (χ0) is 12.3. The normalized spacial score (nSPS) is 26.8. The van der Waals surface area contributed by atoms with Crippen molar-refractivity contribution in [1.82, 2.24) is 5.32 Å². The van der Waals surface area contributed by atoms with Crippen LogP contribution in [0.15, 0.2) is 24.3 Å². The quantitative estimate of drug-likeness (QED) is 0.821. The molecule has 1 nitrogen and oxygen atoms in total. The van der Waals surface area contributed by atoms with Crippen LogP contribution in [0.3, 0.4) is 0 Å². The largest absolute Gasteiger partial charge is 0.307 e. The molecule has 0 radical (unpaired) electrons. The van der Waals surface area contributed by atoms with E-state index in [1.165, 1.54) is 36.8 Å². The van der Waals surface area contributed by atoms with E-state index >= 15 is 0 Å². The third kappa shape index (κ3) is 3.32. The van der Waals surface area contributed by atoms with Crippen molar-refractivity contribution in [3.05, 3.63) is 35.4 Å². The third-order valence-electron chi connectivity index (χ3n) is 4.08. The fourth-order valence-electron chi connectivity index (χ4n) is 3.10. The Morgan fingerprint density at radius 2 is 2.00 bits per heavy atom. The predicted octanol–water partition coefficient (Wildman–Crippen LogP) is 4.22. The number of aryl methyl sites for hydroxylation is 1. The Hall–Kier alpha value is -0.820. The molecule has 94 valence electrons. The molecule has 0 amide bonds. The first-order chi connectivity index (χ1) is 8.16. The van der Waals surface area contributed by atoms with Crippen LogP contribution in [0.4, 0.5) is 0 Å². The van der Waals surface area contributed by atoms with Crippen molar-refractivity contribution in [2.24, 2.45) is 5.92 Å². The minimum Gasteiger partial charge on any atom is -0.307 e. The zero-order valence-electron chi connectivity index (χ0n) is 11.4. The van der Waals surface area contributed by atoms with Crippen molar-refractivity contribution in [2.75, 3.05) is 0 Å². The van der Waals surface area contributed by atoms with Gasteiger partial charge in [0.25, 0.3) is 0 Å². The van der Waals surface area contributed by atoms with E-state index in [-0.39, 0.29) is 0 Å². The lowest BCUT2D eigenvalue weighted by Gasteiger charge is -2.30. The number of rotatable bonds is 3. The lowest BCUT2D eigenvalue weighted by atomic mass is 9.86. The Morgan fingerprint density at radius 1 is 1.24 bits per heavy atom. The molecule has 0 aromatic heterocycles. The highest BCUT2D eigenvalue weighted by Crippen LogP contribution is 2.26. The highest BCUT2D eigenvalue weighted by Gasteiger charge is 2.20. The van der Waals surface area contributed by atoms with E-state index in [4.69, 9.17) is 0 Å². The minimum atomic E-state index is 0.478. The summed E-state index contributed by atoms with van der Waals surface area (Å²) < 4.78 is 0. The van der Waals surface area contributed by atoms with Gasteiger partial charge in [0.15, 0.2) is 0 Å². The maximum Gasteiger partial charge on any atom is 0.0296 e. The van der Waals surface area contributed by atoms with Crippen molar-refractivity contribution in [1.29, 1.82) is 0 Å². The number of hydrogen-bond donors (Lipinski definition) is 1. The van der Waals surface area contributed by atoms with Gasteiger partial charge >= 0.3 is 0 Å². The van der Waals surface area contributed by atoms with Gasteiger partial charge in [0.1, 0.15) is 0 Å². The van der Waals surface area contributed by atoms with Crippen molar-refractivity contribution in [2.45, 2.75) is 58.5 Å². The van der Waals surface area contributed by atoms with Gasteiger partial charge in [-0.1, -0.05) is 44.0 Å². The van der Waals surface area contributed by atoms with Crippen LogP contribution in [0, 0.1) is 12.8 Å². The average Bonchev–Trinajstić information content (AvgIpc) is 2.29. The molecule has 3 atom stereocenters. The van der Waals surface area contributed by atoms with Crippen LogP contribution in [-0.2, 0) is 0 Å². The molecule has 1 heteroatoms. The number of hydrogen-bond acceptors (Lipinski definition) is 1. The highest BCUT2D eigenvalue weighted by molar-refractivity contribution is 5.28. The summed E-state index contributed by atoms with van der Waals surface area (Å²) in [6.07, 6.45) is 5.49. The van der Waals surface area contributed by atoms with Crippen molar-refractivity contribution in [3.63, 3.8) is 0 Å². The second-order valence-electron chi connectivity index (χ2n) is 5.71. The summed E-state index contributed by atoms with van der Waals surface area (Å²) in [5, 5.41) is 3.81. The number of benzene rings is 1. The SMILES string of the molecule is Cc1ccccc1[C@H](C)NC1CCCC(C)C1. The monoisotopic (exact) mass is 231 g/mol. The van der Waals surface area contributed by atoms with Crippen LogP contribution < -0.4 is 5.32 Å². The summed E-state index contributed by atoms with van der Waals surface area (Å²) in [5.41, 5.74) is 2.85. The molecule has 1 fully saturated rings. The molecule has 0 bridgehead atoms. The molecular weight excluding hydrogens is 206 g/mol. The summed E-state index contributed by atoms with van der Waals surface area (Å²) in [5.74, 6) is 0.894. The molecule has 1 aliphatic carbocycles. The lowest BCUT2D eigenvalue weighted by molar-refractivity contribution is 0.285. The fraction of sp³-hybridized carbons (Fsp3) is 0.625. The second-order valence-corrected chi connectivity index (χ2v) is 5.71. The second kappa shape index (κ2) is 5.68. The van der Waals surface area contributed by atoms with Crippen LogP contribution in [-0.4, -0.2) is 6.04 Å². The van der Waals surface area contributed by atoms with Gasteiger partial charge in [0, 0.05) is 12.1 Å². The van der Waals surface area contributed by atoms with Gasteiger partial charge in [-0.2, -0.15) is 0 Å². The summed E-state index contributed by atoms with van der Waals surface area (Å²) in [6.45, 7) is 6.88. The Bertz CT molecular complexity index is 358. The Labute approximate surface area is 106 Å². The molecule has 1 aliphatic rings. The minimum absolute atomic E-state index is 0.478. The summed E-state index contributed by atoms with van der Waals surface area (Å²) in [4.78, 5) is 0. The van der Waals surface area contributed by atoms with Crippen LogP contribution in [0.2, 0.25) is 0 Å². The summed E-state index contributed by atoms with van der Waals surface area (Å²) in [7, 11) is 0. The molecule has 0 saturated heterocycles. The van der Waals surface area contributed by atoms with Gasteiger partial charge in [-0.3, -0.25) is 0 Å². The smallest absolute Gasteiger partial charge is 0.0296 e. The number of nitrogens with one attached hydrogen (secondary N) is 1. The van der Waals surface area contributed by atoms with Crippen molar-refractivity contribution in [3.8, 4) is 0 Å². The van der Waals surface area contributed by atoms with E-state index in [0.717, 1.165) is 5.92 Å². The maximum atomic E-state index is 3.81. The molecule has 1 N–H and O–H groups in total.